The van der Waals surface area contributed by atoms with Crippen molar-refractivity contribution in [1.29, 1.82) is 0 Å². The molecule has 29 heavy (non-hydrogen) atoms. The lowest BCUT2D eigenvalue weighted by Gasteiger charge is -2.22. The largest absolute Gasteiger partial charge is 0.438 e. The van der Waals surface area contributed by atoms with Crippen molar-refractivity contribution in [3.05, 3.63) is 69.6 Å². The van der Waals surface area contributed by atoms with Crippen molar-refractivity contribution < 1.29 is 18.0 Å². The van der Waals surface area contributed by atoms with E-state index in [0.717, 1.165) is 15.7 Å². The number of anilines is 1. The molecule has 0 radical (unpaired) electrons. The summed E-state index contributed by atoms with van der Waals surface area (Å²) < 4.78 is 41.1. The molecule has 1 unspecified atom stereocenters. The molecular weight excluding hydrogens is 383 g/mol. The van der Waals surface area contributed by atoms with Crippen LogP contribution in [-0.2, 0) is 11.0 Å². The van der Waals surface area contributed by atoms with Crippen LogP contribution < -0.4 is 10.9 Å². The Labute approximate surface area is 165 Å². The van der Waals surface area contributed by atoms with Gasteiger partial charge in [-0.1, -0.05) is 37.3 Å². The van der Waals surface area contributed by atoms with Gasteiger partial charge in [0.1, 0.15) is 6.04 Å². The van der Waals surface area contributed by atoms with Crippen molar-refractivity contribution in [3.8, 4) is 0 Å². The summed E-state index contributed by atoms with van der Waals surface area (Å²) >= 11 is 0. The molecule has 0 saturated heterocycles. The molecule has 1 atom stereocenters. The zero-order valence-electron chi connectivity index (χ0n) is 16.2. The highest BCUT2D eigenvalue weighted by Gasteiger charge is 2.38. The van der Waals surface area contributed by atoms with Gasteiger partial charge in [0.05, 0.1) is 11.0 Å². The summed E-state index contributed by atoms with van der Waals surface area (Å²) in [5.41, 5.74) is -0.480. The van der Waals surface area contributed by atoms with Gasteiger partial charge in [0.25, 0.3) is 5.56 Å². The summed E-state index contributed by atoms with van der Waals surface area (Å²) in [7, 11) is 0. The van der Waals surface area contributed by atoms with Crippen LogP contribution in [0.25, 0.3) is 11.0 Å². The van der Waals surface area contributed by atoms with Gasteiger partial charge in [-0.3, -0.25) is 14.2 Å². The molecule has 2 aromatic carbocycles. The van der Waals surface area contributed by atoms with Gasteiger partial charge in [0, 0.05) is 5.69 Å². The van der Waals surface area contributed by atoms with Crippen molar-refractivity contribution in [3.63, 3.8) is 0 Å². The number of rotatable bonds is 4. The number of fused-ring (bicyclic) bond motifs is 1. The smallest absolute Gasteiger partial charge is 0.324 e. The van der Waals surface area contributed by atoms with Crippen LogP contribution in [-0.4, -0.2) is 15.5 Å². The molecular formula is C21H20F3N3O2. The van der Waals surface area contributed by atoms with E-state index in [2.05, 4.69) is 10.3 Å². The first-order chi connectivity index (χ1) is 13.6. The number of hydrogen-bond acceptors (Lipinski definition) is 3. The third-order valence-corrected chi connectivity index (χ3v) is 4.79. The number of halogens is 3. The van der Waals surface area contributed by atoms with Gasteiger partial charge in [0.2, 0.25) is 11.6 Å². The van der Waals surface area contributed by atoms with Crippen molar-refractivity contribution in [1.82, 2.24) is 9.55 Å². The number of nitrogens with zero attached hydrogens (tertiary/aromatic N) is 2. The number of hydrogen-bond donors (Lipinski definition) is 1. The Kier molecular flexibility index (Phi) is 5.46. The van der Waals surface area contributed by atoms with Crippen LogP contribution in [0.1, 0.15) is 36.2 Å². The standard InChI is InChI=1S/C21H20F3N3O2/c1-4-15(19(28)26-17-12(2)8-7-9-13(17)3)27-16-11-6-5-10-14(16)25-18(20(27)29)21(22,23)24/h5-11,15H,4H2,1-3H3,(H,26,28). The van der Waals surface area contributed by atoms with E-state index in [1.807, 2.05) is 32.0 Å². The molecule has 5 nitrogen and oxygen atoms in total. The second-order valence-corrected chi connectivity index (χ2v) is 6.80. The lowest BCUT2D eigenvalue weighted by Crippen LogP contribution is -2.37. The summed E-state index contributed by atoms with van der Waals surface area (Å²) in [5, 5.41) is 2.78. The first kappa shape index (κ1) is 20.6. The van der Waals surface area contributed by atoms with Crippen LogP contribution in [0.3, 0.4) is 0 Å². The molecule has 0 fully saturated rings. The van der Waals surface area contributed by atoms with Crippen molar-refractivity contribution in [2.24, 2.45) is 0 Å². The predicted molar refractivity (Wildman–Crippen MR) is 105 cm³/mol. The fourth-order valence-electron chi connectivity index (χ4n) is 3.35. The van der Waals surface area contributed by atoms with Crippen LogP contribution >= 0.6 is 0 Å². The highest BCUT2D eigenvalue weighted by molar-refractivity contribution is 5.96. The molecule has 1 amide bonds. The Morgan fingerprint density at radius 1 is 1.10 bits per heavy atom. The highest BCUT2D eigenvalue weighted by Crippen LogP contribution is 2.28. The fourth-order valence-corrected chi connectivity index (χ4v) is 3.35. The number of aromatic nitrogens is 2. The normalized spacial score (nSPS) is 12.8. The van der Waals surface area contributed by atoms with Crippen molar-refractivity contribution >= 4 is 22.6 Å². The zero-order valence-corrected chi connectivity index (χ0v) is 16.2. The fraction of sp³-hybridized carbons (Fsp3) is 0.286. The Bertz CT molecular complexity index is 1120. The molecule has 8 heteroatoms. The number of carbonyl (C=O) groups excluding carboxylic acids is 1. The minimum Gasteiger partial charge on any atom is -0.324 e. The maximum absolute atomic E-state index is 13.4. The van der Waals surface area contributed by atoms with Gasteiger partial charge in [-0.05, 0) is 43.5 Å². The third-order valence-electron chi connectivity index (χ3n) is 4.79. The van der Waals surface area contributed by atoms with E-state index in [9.17, 15) is 22.8 Å². The van der Waals surface area contributed by atoms with Crippen LogP contribution in [0.2, 0.25) is 0 Å². The van der Waals surface area contributed by atoms with Crippen LogP contribution in [0.15, 0.2) is 47.3 Å². The maximum atomic E-state index is 13.4. The number of carbonyl (C=O) groups is 1. The molecule has 1 N–H and O–H groups in total. The summed E-state index contributed by atoms with van der Waals surface area (Å²) in [5.74, 6) is -0.559. The molecule has 1 aromatic heterocycles. The van der Waals surface area contributed by atoms with Gasteiger partial charge in [-0.15, -0.1) is 0 Å². The Morgan fingerprint density at radius 2 is 1.72 bits per heavy atom. The summed E-state index contributed by atoms with van der Waals surface area (Å²) in [4.78, 5) is 29.3. The number of alkyl halides is 3. The van der Waals surface area contributed by atoms with E-state index in [-0.39, 0.29) is 17.5 Å². The SMILES string of the molecule is CCC(C(=O)Nc1c(C)cccc1C)n1c(=O)c(C(F)(F)F)nc2ccccc21. The van der Waals surface area contributed by atoms with E-state index >= 15 is 0 Å². The quantitative estimate of drug-likeness (QED) is 0.691. The lowest BCUT2D eigenvalue weighted by molar-refractivity contribution is -0.142. The molecule has 1 heterocycles. The van der Waals surface area contributed by atoms with Gasteiger partial charge < -0.3 is 5.32 Å². The molecule has 0 aliphatic heterocycles. The molecule has 0 aliphatic rings. The van der Waals surface area contributed by atoms with Crippen molar-refractivity contribution in [2.75, 3.05) is 5.32 Å². The van der Waals surface area contributed by atoms with E-state index in [4.69, 9.17) is 0 Å². The average molecular weight is 403 g/mol. The molecule has 0 aliphatic carbocycles. The Morgan fingerprint density at radius 3 is 2.31 bits per heavy atom. The third kappa shape index (κ3) is 3.87. The second kappa shape index (κ2) is 7.69. The van der Waals surface area contributed by atoms with Crippen molar-refractivity contribution in [2.45, 2.75) is 39.4 Å². The van der Waals surface area contributed by atoms with Gasteiger partial charge in [0.15, 0.2) is 0 Å². The molecule has 3 aromatic rings. The van der Waals surface area contributed by atoms with E-state index in [0.29, 0.717) is 5.69 Å². The average Bonchev–Trinajstić information content (AvgIpc) is 2.66. The van der Waals surface area contributed by atoms with Gasteiger partial charge in [-0.2, -0.15) is 13.2 Å². The molecule has 152 valence electrons. The van der Waals surface area contributed by atoms with Crippen LogP contribution in [0.5, 0.6) is 0 Å². The van der Waals surface area contributed by atoms with E-state index < -0.39 is 29.4 Å². The number of amides is 1. The van der Waals surface area contributed by atoms with Crippen LogP contribution in [0, 0.1) is 13.8 Å². The monoisotopic (exact) mass is 403 g/mol. The molecule has 0 spiro atoms. The Hall–Kier alpha value is -3.16. The summed E-state index contributed by atoms with van der Waals surface area (Å²) in [6, 6.07) is 10.3. The first-order valence-corrected chi connectivity index (χ1v) is 9.10. The predicted octanol–water partition coefficient (Wildman–Crippen LogP) is 4.62. The number of aryl methyl sites for hydroxylation is 2. The Balaban J connectivity index is 2.18. The summed E-state index contributed by atoms with van der Waals surface area (Å²) in [6.07, 6.45) is -4.80. The lowest BCUT2D eigenvalue weighted by atomic mass is 10.1. The molecule has 0 bridgehead atoms. The minimum absolute atomic E-state index is 0.00209. The maximum Gasteiger partial charge on any atom is 0.438 e. The second-order valence-electron chi connectivity index (χ2n) is 6.80. The van der Waals surface area contributed by atoms with Gasteiger partial charge >= 0.3 is 6.18 Å². The number of benzene rings is 2. The van der Waals surface area contributed by atoms with Gasteiger partial charge in [-0.25, -0.2) is 4.98 Å². The van der Waals surface area contributed by atoms with Crippen LogP contribution in [0.4, 0.5) is 18.9 Å². The molecule has 3 rings (SSSR count). The van der Waals surface area contributed by atoms with E-state index in [1.54, 1.807) is 13.0 Å². The highest BCUT2D eigenvalue weighted by atomic mass is 19.4. The molecule has 0 saturated carbocycles. The topological polar surface area (TPSA) is 64.0 Å². The van der Waals surface area contributed by atoms with E-state index in [1.165, 1.54) is 18.2 Å². The number of nitrogens with one attached hydrogen (secondary N) is 1. The first-order valence-electron chi connectivity index (χ1n) is 9.10. The minimum atomic E-state index is -4.93. The number of para-hydroxylation sites is 3. The summed E-state index contributed by atoms with van der Waals surface area (Å²) in [6.45, 7) is 5.28. The zero-order chi connectivity index (χ0) is 21.3.